The number of alkyl halides is 1. The summed E-state index contributed by atoms with van der Waals surface area (Å²) in [6.07, 6.45) is 0.814. The summed E-state index contributed by atoms with van der Waals surface area (Å²) < 4.78 is 0. The normalized spacial score (nSPS) is 19.7. The zero-order valence-corrected chi connectivity index (χ0v) is 8.38. The van der Waals surface area contributed by atoms with E-state index in [1.807, 2.05) is 6.92 Å². The molecule has 1 atom stereocenters. The van der Waals surface area contributed by atoms with Crippen molar-refractivity contribution in [3.8, 4) is 5.75 Å². The molecule has 0 spiro atoms. The molecule has 0 bridgehead atoms. The smallest absolute Gasteiger partial charge is 0.170 e. The van der Waals surface area contributed by atoms with E-state index in [0.29, 0.717) is 17.9 Å². The summed E-state index contributed by atoms with van der Waals surface area (Å²) in [6, 6.07) is 3.39. The topological polar surface area (TPSA) is 35.5 Å². The van der Waals surface area contributed by atoms with Gasteiger partial charge in [-0.15, -0.1) is 11.6 Å². The van der Waals surface area contributed by atoms with Crippen LogP contribution in [0, 0.1) is 6.92 Å². The first-order valence-corrected chi connectivity index (χ1v) is 4.70. The molecular formula is C10H9ClO3. The third-order valence-electron chi connectivity index (χ3n) is 2.32. The van der Waals surface area contributed by atoms with Crippen molar-refractivity contribution in [1.82, 2.24) is 0 Å². The molecule has 4 heteroatoms. The van der Waals surface area contributed by atoms with Crippen LogP contribution in [-0.2, 0) is 4.89 Å². The average molecular weight is 213 g/mol. The van der Waals surface area contributed by atoms with Gasteiger partial charge in [-0.1, -0.05) is 0 Å². The Morgan fingerprint density at radius 2 is 2.36 bits per heavy atom. The molecule has 74 valence electrons. The van der Waals surface area contributed by atoms with E-state index < -0.39 is 0 Å². The first-order valence-electron chi connectivity index (χ1n) is 4.26. The van der Waals surface area contributed by atoms with Gasteiger partial charge in [0.25, 0.3) is 0 Å². The highest BCUT2D eigenvalue weighted by Crippen LogP contribution is 2.37. The van der Waals surface area contributed by atoms with E-state index in [1.54, 1.807) is 12.1 Å². The number of carbonyl (C=O) groups is 1. The quantitative estimate of drug-likeness (QED) is 0.407. The first-order chi connectivity index (χ1) is 6.74. The van der Waals surface area contributed by atoms with Gasteiger partial charge in [0, 0.05) is 11.1 Å². The maximum absolute atomic E-state index is 10.7. The largest absolute Gasteiger partial charge is 0.337 e. The van der Waals surface area contributed by atoms with Gasteiger partial charge in [0.2, 0.25) is 0 Å². The fourth-order valence-corrected chi connectivity index (χ4v) is 1.87. The number of carbonyl (C=O) groups excluding carboxylic acids is 1. The van der Waals surface area contributed by atoms with E-state index in [0.717, 1.165) is 17.4 Å². The molecule has 2 rings (SSSR count). The van der Waals surface area contributed by atoms with Crippen molar-refractivity contribution >= 4 is 17.9 Å². The van der Waals surface area contributed by atoms with Gasteiger partial charge in [-0.3, -0.25) is 4.79 Å². The number of rotatable bonds is 1. The minimum absolute atomic E-state index is 0.251. The lowest BCUT2D eigenvalue weighted by atomic mass is 9.99. The summed E-state index contributed by atoms with van der Waals surface area (Å²) in [5, 5.41) is -0.251. The van der Waals surface area contributed by atoms with Crippen molar-refractivity contribution in [2.75, 3.05) is 6.61 Å². The monoisotopic (exact) mass is 212 g/mol. The van der Waals surface area contributed by atoms with Crippen molar-refractivity contribution in [3.05, 3.63) is 28.8 Å². The van der Waals surface area contributed by atoms with Crippen LogP contribution in [0.1, 0.15) is 26.9 Å². The molecule has 0 amide bonds. The molecule has 0 aliphatic carbocycles. The van der Waals surface area contributed by atoms with Crippen LogP contribution < -0.4 is 4.89 Å². The van der Waals surface area contributed by atoms with Crippen LogP contribution in [0.3, 0.4) is 0 Å². The molecule has 1 unspecified atom stereocenters. The summed E-state index contributed by atoms with van der Waals surface area (Å²) in [5.74, 6) is 0.597. The van der Waals surface area contributed by atoms with E-state index in [2.05, 4.69) is 0 Å². The third-order valence-corrected chi connectivity index (χ3v) is 2.66. The summed E-state index contributed by atoms with van der Waals surface area (Å²) in [7, 11) is 0. The molecule has 0 aromatic heterocycles. The van der Waals surface area contributed by atoms with Gasteiger partial charge in [0.15, 0.2) is 5.75 Å². The Balaban J connectivity index is 2.59. The van der Waals surface area contributed by atoms with Gasteiger partial charge < -0.3 is 4.89 Å². The zero-order valence-electron chi connectivity index (χ0n) is 7.62. The van der Waals surface area contributed by atoms with Gasteiger partial charge in [0.1, 0.15) is 12.9 Å². The maximum atomic E-state index is 10.7. The highest BCUT2D eigenvalue weighted by molar-refractivity contribution is 6.21. The van der Waals surface area contributed by atoms with E-state index >= 15 is 0 Å². The highest BCUT2D eigenvalue weighted by atomic mass is 35.5. The fourth-order valence-electron chi connectivity index (χ4n) is 1.55. The van der Waals surface area contributed by atoms with E-state index in [4.69, 9.17) is 21.4 Å². The van der Waals surface area contributed by atoms with Gasteiger partial charge in [0.05, 0.1) is 5.38 Å². The van der Waals surface area contributed by atoms with Crippen LogP contribution in [0.4, 0.5) is 0 Å². The number of aldehydes is 1. The van der Waals surface area contributed by atoms with Crippen molar-refractivity contribution in [1.29, 1.82) is 0 Å². The lowest BCUT2D eigenvalue weighted by Gasteiger charge is -2.22. The van der Waals surface area contributed by atoms with Crippen LogP contribution in [0.5, 0.6) is 5.75 Å². The van der Waals surface area contributed by atoms with Crippen LogP contribution in [0.25, 0.3) is 0 Å². The minimum atomic E-state index is -0.251. The Morgan fingerprint density at radius 1 is 1.57 bits per heavy atom. The fraction of sp³-hybridized carbons (Fsp3) is 0.300. The molecule has 1 aromatic carbocycles. The maximum Gasteiger partial charge on any atom is 0.170 e. The Kier molecular flexibility index (Phi) is 2.44. The van der Waals surface area contributed by atoms with E-state index in [9.17, 15) is 4.79 Å². The number of halogens is 1. The molecule has 0 saturated carbocycles. The third kappa shape index (κ3) is 1.38. The predicted molar refractivity (Wildman–Crippen MR) is 51.7 cm³/mol. The molecule has 0 saturated heterocycles. The molecule has 1 aliphatic rings. The second-order valence-electron chi connectivity index (χ2n) is 3.14. The number of benzene rings is 1. The molecule has 0 N–H and O–H groups in total. The van der Waals surface area contributed by atoms with Crippen LogP contribution in [0.15, 0.2) is 12.1 Å². The lowest BCUT2D eigenvalue weighted by molar-refractivity contribution is -0.216. The summed E-state index contributed by atoms with van der Waals surface area (Å²) in [6.45, 7) is 2.16. The molecule has 3 nitrogen and oxygen atoms in total. The minimum Gasteiger partial charge on any atom is -0.337 e. The highest BCUT2D eigenvalue weighted by Gasteiger charge is 2.24. The second kappa shape index (κ2) is 3.59. The van der Waals surface area contributed by atoms with Gasteiger partial charge in [-0.25, -0.2) is 0 Å². The second-order valence-corrected chi connectivity index (χ2v) is 3.67. The molecule has 1 aromatic rings. The molecule has 0 fully saturated rings. The number of hydrogen-bond acceptors (Lipinski definition) is 3. The summed E-state index contributed by atoms with van der Waals surface area (Å²) in [4.78, 5) is 20.5. The zero-order chi connectivity index (χ0) is 10.1. The molecule has 1 heterocycles. The SMILES string of the molecule is Cc1c(C=O)ccc2c1C(Cl)COO2. The Hall–Kier alpha value is -1.06. The first kappa shape index (κ1) is 9.49. The Bertz CT molecular complexity index is 376. The van der Waals surface area contributed by atoms with Gasteiger partial charge in [-0.2, -0.15) is 4.89 Å². The number of fused-ring (bicyclic) bond motifs is 1. The Labute approximate surface area is 86.5 Å². The van der Waals surface area contributed by atoms with Crippen LogP contribution in [-0.4, -0.2) is 12.9 Å². The molecule has 1 aliphatic heterocycles. The predicted octanol–water partition coefficient (Wildman–Crippen LogP) is 2.41. The summed E-state index contributed by atoms with van der Waals surface area (Å²) in [5.41, 5.74) is 2.35. The molecule has 0 radical (unpaired) electrons. The van der Waals surface area contributed by atoms with Gasteiger partial charge in [-0.05, 0) is 24.6 Å². The lowest BCUT2D eigenvalue weighted by Crippen LogP contribution is -2.15. The van der Waals surface area contributed by atoms with Gasteiger partial charge >= 0.3 is 0 Å². The van der Waals surface area contributed by atoms with E-state index in [-0.39, 0.29) is 5.38 Å². The molecular weight excluding hydrogens is 204 g/mol. The summed E-state index contributed by atoms with van der Waals surface area (Å²) >= 11 is 6.06. The average Bonchev–Trinajstić information content (AvgIpc) is 2.18. The van der Waals surface area contributed by atoms with Crippen molar-refractivity contribution in [2.24, 2.45) is 0 Å². The van der Waals surface area contributed by atoms with Crippen LogP contribution >= 0.6 is 11.6 Å². The molecule has 14 heavy (non-hydrogen) atoms. The number of hydrogen-bond donors (Lipinski definition) is 0. The van der Waals surface area contributed by atoms with Crippen molar-refractivity contribution < 1.29 is 14.6 Å². The van der Waals surface area contributed by atoms with E-state index in [1.165, 1.54) is 0 Å². The van der Waals surface area contributed by atoms with Crippen molar-refractivity contribution in [2.45, 2.75) is 12.3 Å². The Morgan fingerprint density at radius 3 is 3.07 bits per heavy atom. The standard InChI is InChI=1S/C10H9ClO3/c1-6-7(4-12)2-3-9-10(6)8(11)5-13-14-9/h2-4,8H,5H2,1H3. The van der Waals surface area contributed by atoms with Crippen molar-refractivity contribution in [3.63, 3.8) is 0 Å². The van der Waals surface area contributed by atoms with Crippen LogP contribution in [0.2, 0.25) is 0 Å².